The van der Waals surface area contributed by atoms with Crippen molar-refractivity contribution in [2.45, 2.75) is 61.1 Å². The maximum absolute atomic E-state index is 12.7. The molecule has 1 aromatic rings. The standard InChI is InChI=1S/C21H33N3O4S/c1-23(13-4-16-25)18-11-14-24(15-12-18)21(26)22-17-7-9-20(10-8-17)29(27,28)19-5-2-3-6-19/h7-10,18-19,25H,2-6,11-16H2,1H3,(H,22,26). The summed E-state index contributed by atoms with van der Waals surface area (Å²) in [5.74, 6) is 0. The second-order valence-electron chi connectivity index (χ2n) is 8.18. The van der Waals surface area contributed by atoms with Gasteiger partial charge < -0.3 is 20.2 Å². The highest BCUT2D eigenvalue weighted by Gasteiger charge is 2.30. The summed E-state index contributed by atoms with van der Waals surface area (Å²) in [6, 6.07) is 6.85. The zero-order valence-corrected chi connectivity index (χ0v) is 18.0. The van der Waals surface area contributed by atoms with Gasteiger partial charge in [-0.3, -0.25) is 0 Å². The van der Waals surface area contributed by atoms with Crippen LogP contribution in [0.2, 0.25) is 0 Å². The monoisotopic (exact) mass is 423 g/mol. The van der Waals surface area contributed by atoms with Gasteiger partial charge in [-0.1, -0.05) is 12.8 Å². The number of nitrogens with one attached hydrogen (secondary N) is 1. The Labute approximate surface area is 174 Å². The van der Waals surface area contributed by atoms with Gasteiger partial charge in [-0.15, -0.1) is 0 Å². The number of aliphatic hydroxyl groups excluding tert-OH is 1. The van der Waals surface area contributed by atoms with Crippen molar-refractivity contribution in [2.24, 2.45) is 0 Å². The number of piperidine rings is 1. The van der Waals surface area contributed by atoms with Gasteiger partial charge in [0.2, 0.25) is 0 Å². The van der Waals surface area contributed by atoms with Gasteiger partial charge >= 0.3 is 6.03 Å². The Morgan fingerprint density at radius 1 is 1.14 bits per heavy atom. The average molecular weight is 424 g/mol. The summed E-state index contributed by atoms with van der Waals surface area (Å²) in [6.45, 7) is 2.44. The number of amides is 2. The highest BCUT2D eigenvalue weighted by molar-refractivity contribution is 7.92. The molecule has 2 aliphatic rings. The van der Waals surface area contributed by atoms with Crippen LogP contribution in [-0.4, -0.2) is 73.9 Å². The molecule has 162 valence electrons. The lowest BCUT2D eigenvalue weighted by molar-refractivity contribution is 0.134. The molecule has 0 spiro atoms. The van der Waals surface area contributed by atoms with Gasteiger partial charge in [0.15, 0.2) is 9.84 Å². The first-order valence-corrected chi connectivity index (χ1v) is 12.2. The molecule has 8 heteroatoms. The van der Waals surface area contributed by atoms with Gasteiger partial charge in [-0.05, 0) is 63.4 Å². The molecule has 1 aromatic carbocycles. The third-order valence-corrected chi connectivity index (χ3v) is 8.50. The number of urea groups is 1. The topological polar surface area (TPSA) is 89.9 Å². The molecule has 1 saturated carbocycles. The number of carbonyl (C=O) groups excluding carboxylic acids is 1. The van der Waals surface area contributed by atoms with Gasteiger partial charge in [0.25, 0.3) is 0 Å². The molecule has 29 heavy (non-hydrogen) atoms. The molecule has 0 aromatic heterocycles. The molecule has 1 saturated heterocycles. The lowest BCUT2D eigenvalue weighted by Crippen LogP contribution is -2.47. The molecule has 7 nitrogen and oxygen atoms in total. The minimum atomic E-state index is -3.27. The number of rotatable bonds is 7. The van der Waals surface area contributed by atoms with Crippen molar-refractivity contribution in [1.82, 2.24) is 9.80 Å². The molecule has 0 unspecified atom stereocenters. The number of aliphatic hydroxyl groups is 1. The van der Waals surface area contributed by atoms with E-state index in [1.807, 2.05) is 0 Å². The lowest BCUT2D eigenvalue weighted by Gasteiger charge is -2.36. The van der Waals surface area contributed by atoms with E-state index in [9.17, 15) is 13.2 Å². The second-order valence-corrected chi connectivity index (χ2v) is 10.4. The van der Waals surface area contributed by atoms with Crippen molar-refractivity contribution in [3.05, 3.63) is 24.3 Å². The maximum Gasteiger partial charge on any atom is 0.321 e. The fourth-order valence-electron chi connectivity index (χ4n) is 4.33. The van der Waals surface area contributed by atoms with E-state index in [2.05, 4.69) is 17.3 Å². The van der Waals surface area contributed by atoms with E-state index >= 15 is 0 Å². The number of sulfone groups is 1. The van der Waals surface area contributed by atoms with E-state index in [0.717, 1.165) is 51.5 Å². The molecular weight excluding hydrogens is 390 g/mol. The summed E-state index contributed by atoms with van der Waals surface area (Å²) in [5.41, 5.74) is 0.613. The summed E-state index contributed by atoms with van der Waals surface area (Å²) < 4.78 is 25.3. The first-order valence-electron chi connectivity index (χ1n) is 10.6. The predicted octanol–water partition coefficient (Wildman–Crippen LogP) is 2.71. The second kappa shape index (κ2) is 9.91. The Kier molecular flexibility index (Phi) is 7.54. The lowest BCUT2D eigenvalue weighted by atomic mass is 10.0. The van der Waals surface area contributed by atoms with Crippen molar-refractivity contribution in [3.63, 3.8) is 0 Å². The number of carbonyl (C=O) groups is 1. The molecule has 1 aliphatic carbocycles. The molecule has 0 bridgehead atoms. The van der Waals surface area contributed by atoms with Gasteiger partial charge in [0.05, 0.1) is 10.1 Å². The summed E-state index contributed by atoms with van der Waals surface area (Å²) in [5, 5.41) is 11.6. The van der Waals surface area contributed by atoms with E-state index < -0.39 is 9.84 Å². The van der Waals surface area contributed by atoms with Crippen LogP contribution in [0.3, 0.4) is 0 Å². The van der Waals surface area contributed by atoms with Crippen LogP contribution in [0.15, 0.2) is 29.2 Å². The Morgan fingerprint density at radius 3 is 2.34 bits per heavy atom. The summed E-state index contributed by atoms with van der Waals surface area (Å²) in [7, 11) is -1.20. The molecule has 0 atom stereocenters. The number of nitrogens with zero attached hydrogens (tertiary/aromatic N) is 2. The molecule has 0 radical (unpaired) electrons. The van der Waals surface area contributed by atoms with Crippen molar-refractivity contribution < 1.29 is 18.3 Å². The largest absolute Gasteiger partial charge is 0.396 e. The fourth-order valence-corrected chi connectivity index (χ4v) is 6.19. The maximum atomic E-state index is 12.7. The fraction of sp³-hybridized carbons (Fsp3) is 0.667. The zero-order valence-electron chi connectivity index (χ0n) is 17.2. The minimum Gasteiger partial charge on any atom is -0.396 e. The Bertz CT molecular complexity index is 768. The Balaban J connectivity index is 1.51. The van der Waals surface area contributed by atoms with Crippen molar-refractivity contribution in [1.29, 1.82) is 0 Å². The van der Waals surface area contributed by atoms with Gasteiger partial charge in [-0.25, -0.2) is 13.2 Å². The van der Waals surface area contributed by atoms with Crippen LogP contribution in [0.25, 0.3) is 0 Å². The van der Waals surface area contributed by atoms with Crippen LogP contribution in [0.1, 0.15) is 44.9 Å². The molecular formula is C21H33N3O4S. The Hall–Kier alpha value is -1.64. The zero-order chi connectivity index (χ0) is 20.9. The van der Waals surface area contributed by atoms with Crippen LogP contribution in [0.5, 0.6) is 0 Å². The van der Waals surface area contributed by atoms with E-state index in [0.29, 0.717) is 29.7 Å². The highest BCUT2D eigenvalue weighted by atomic mass is 32.2. The van der Waals surface area contributed by atoms with Crippen LogP contribution >= 0.6 is 0 Å². The third-order valence-electron chi connectivity index (χ3n) is 6.22. The van der Waals surface area contributed by atoms with Crippen LogP contribution < -0.4 is 5.32 Å². The summed E-state index contributed by atoms with van der Waals surface area (Å²) >= 11 is 0. The highest BCUT2D eigenvalue weighted by Crippen LogP contribution is 2.30. The van der Waals surface area contributed by atoms with Crippen molar-refractivity contribution in [2.75, 3.05) is 38.6 Å². The smallest absolute Gasteiger partial charge is 0.321 e. The van der Waals surface area contributed by atoms with E-state index in [1.165, 1.54) is 0 Å². The first-order chi connectivity index (χ1) is 13.9. The van der Waals surface area contributed by atoms with Crippen molar-refractivity contribution >= 4 is 21.6 Å². The molecule has 2 amide bonds. The SMILES string of the molecule is CN(CCCO)C1CCN(C(=O)Nc2ccc(S(=O)(=O)C3CCCC3)cc2)CC1. The van der Waals surface area contributed by atoms with E-state index in [-0.39, 0.29) is 17.9 Å². The van der Waals surface area contributed by atoms with Crippen LogP contribution in [0, 0.1) is 0 Å². The number of hydrogen-bond acceptors (Lipinski definition) is 5. The van der Waals surface area contributed by atoms with Gasteiger partial charge in [-0.2, -0.15) is 0 Å². The molecule has 1 heterocycles. The van der Waals surface area contributed by atoms with Gasteiger partial charge in [0.1, 0.15) is 0 Å². The van der Waals surface area contributed by atoms with E-state index in [1.54, 1.807) is 29.2 Å². The minimum absolute atomic E-state index is 0.145. The van der Waals surface area contributed by atoms with Gasteiger partial charge in [0, 0.05) is 38.0 Å². The van der Waals surface area contributed by atoms with Crippen molar-refractivity contribution in [3.8, 4) is 0 Å². The average Bonchev–Trinajstić information content (AvgIpc) is 3.28. The number of likely N-dealkylation sites (tertiary alicyclic amines) is 1. The van der Waals surface area contributed by atoms with Crippen LogP contribution in [0.4, 0.5) is 10.5 Å². The van der Waals surface area contributed by atoms with E-state index in [4.69, 9.17) is 5.11 Å². The quantitative estimate of drug-likeness (QED) is 0.704. The molecule has 2 N–H and O–H groups in total. The molecule has 2 fully saturated rings. The molecule has 3 rings (SSSR count). The summed E-state index contributed by atoms with van der Waals surface area (Å²) in [4.78, 5) is 17.0. The first kappa shape index (κ1) is 22.1. The number of benzene rings is 1. The number of anilines is 1. The van der Waals surface area contributed by atoms with Crippen LogP contribution in [-0.2, 0) is 9.84 Å². The molecule has 1 aliphatic heterocycles. The third kappa shape index (κ3) is 5.49. The predicted molar refractivity (Wildman–Crippen MR) is 114 cm³/mol. The Morgan fingerprint density at radius 2 is 1.76 bits per heavy atom. The summed E-state index contributed by atoms with van der Waals surface area (Å²) in [6.07, 6.45) is 6.03. The number of hydrogen-bond donors (Lipinski definition) is 2. The normalized spacial score (nSPS) is 19.1.